The molecule has 3 aromatic rings. The number of hydrogen-bond acceptors (Lipinski definition) is 3. The van der Waals surface area contributed by atoms with Crippen molar-refractivity contribution < 1.29 is 9.59 Å². The highest BCUT2D eigenvalue weighted by Gasteiger charge is 2.35. The van der Waals surface area contributed by atoms with Crippen LogP contribution >= 0.6 is 50.9 Å². The number of amides is 2. The highest BCUT2D eigenvalue weighted by Crippen LogP contribution is 2.35. The predicted molar refractivity (Wildman–Crippen MR) is 131 cm³/mol. The van der Waals surface area contributed by atoms with Crippen LogP contribution in [0.3, 0.4) is 0 Å². The van der Waals surface area contributed by atoms with Crippen LogP contribution in [0.1, 0.15) is 22.5 Å². The van der Waals surface area contributed by atoms with Crippen LogP contribution in [0.25, 0.3) is 11.8 Å². The number of rotatable bonds is 4. The van der Waals surface area contributed by atoms with Crippen molar-refractivity contribution in [2.24, 2.45) is 0 Å². The van der Waals surface area contributed by atoms with Gasteiger partial charge < -0.3 is 4.57 Å². The number of aromatic nitrogens is 1. The Balaban J connectivity index is 1.61. The summed E-state index contributed by atoms with van der Waals surface area (Å²) >= 11 is 16.4. The summed E-state index contributed by atoms with van der Waals surface area (Å²) in [6.45, 7) is 4.17. The summed E-state index contributed by atoms with van der Waals surface area (Å²) < 4.78 is 3.13. The first kappa shape index (κ1) is 22.2. The largest absolute Gasteiger partial charge is 0.318 e. The lowest BCUT2D eigenvalue weighted by Crippen LogP contribution is -2.27. The van der Waals surface area contributed by atoms with Crippen LogP contribution in [-0.4, -0.2) is 20.6 Å². The molecule has 4 nitrogen and oxygen atoms in total. The third-order valence-electron chi connectivity index (χ3n) is 5.04. The molecular formula is C23H17BrCl2N2O2S. The quantitative estimate of drug-likeness (QED) is 0.327. The van der Waals surface area contributed by atoms with E-state index in [-0.39, 0.29) is 17.7 Å². The van der Waals surface area contributed by atoms with E-state index in [2.05, 4.69) is 20.5 Å². The maximum atomic E-state index is 12.9. The Labute approximate surface area is 203 Å². The van der Waals surface area contributed by atoms with E-state index in [1.807, 2.05) is 44.2 Å². The molecule has 2 heterocycles. The Morgan fingerprint density at radius 3 is 2.39 bits per heavy atom. The van der Waals surface area contributed by atoms with Crippen molar-refractivity contribution in [2.75, 3.05) is 0 Å². The minimum Gasteiger partial charge on any atom is -0.318 e. The second kappa shape index (κ2) is 8.87. The molecular weight excluding hydrogens is 519 g/mol. The zero-order valence-corrected chi connectivity index (χ0v) is 20.6. The number of aryl methyl sites for hydroxylation is 1. The fraction of sp³-hybridized carbons (Fsp3) is 0.130. The summed E-state index contributed by atoms with van der Waals surface area (Å²) in [4.78, 5) is 27.1. The van der Waals surface area contributed by atoms with Gasteiger partial charge in [0.25, 0.3) is 11.1 Å². The Bertz CT molecular complexity index is 1240. The van der Waals surface area contributed by atoms with Crippen LogP contribution in [0.4, 0.5) is 4.79 Å². The van der Waals surface area contributed by atoms with Gasteiger partial charge in [-0.05, 0) is 85.3 Å². The molecule has 2 aromatic carbocycles. The number of nitrogens with zero attached hydrogens (tertiary/aromatic N) is 2. The monoisotopic (exact) mass is 534 g/mol. The van der Waals surface area contributed by atoms with E-state index < -0.39 is 0 Å². The number of carbonyl (C=O) groups is 2. The summed E-state index contributed by atoms with van der Waals surface area (Å²) in [5, 5.41) is 0.520. The van der Waals surface area contributed by atoms with E-state index in [0.717, 1.165) is 44.4 Å². The molecule has 1 aromatic heterocycles. The topological polar surface area (TPSA) is 42.3 Å². The van der Waals surface area contributed by atoms with Gasteiger partial charge in [0.2, 0.25) is 0 Å². The first-order valence-corrected chi connectivity index (χ1v) is 11.8. The Morgan fingerprint density at radius 1 is 1.00 bits per heavy atom. The highest BCUT2D eigenvalue weighted by atomic mass is 79.9. The van der Waals surface area contributed by atoms with Gasteiger partial charge in [-0.1, -0.05) is 45.2 Å². The van der Waals surface area contributed by atoms with E-state index in [0.29, 0.717) is 15.0 Å². The lowest BCUT2D eigenvalue weighted by atomic mass is 10.2. The molecule has 31 heavy (non-hydrogen) atoms. The molecule has 2 amide bonds. The molecule has 1 saturated heterocycles. The van der Waals surface area contributed by atoms with Gasteiger partial charge in [0, 0.05) is 21.5 Å². The number of halogens is 3. The number of imide groups is 1. The van der Waals surface area contributed by atoms with Gasteiger partial charge in [0.05, 0.1) is 21.5 Å². The van der Waals surface area contributed by atoms with Crippen molar-refractivity contribution in [3.63, 3.8) is 0 Å². The van der Waals surface area contributed by atoms with Crippen LogP contribution in [-0.2, 0) is 11.3 Å². The summed E-state index contributed by atoms with van der Waals surface area (Å²) in [7, 11) is 0. The molecule has 0 N–H and O–H groups in total. The van der Waals surface area contributed by atoms with Crippen LogP contribution < -0.4 is 0 Å². The third kappa shape index (κ3) is 4.48. The maximum absolute atomic E-state index is 12.9. The zero-order valence-electron chi connectivity index (χ0n) is 16.7. The van der Waals surface area contributed by atoms with E-state index in [1.165, 1.54) is 4.90 Å². The predicted octanol–water partition coefficient (Wildman–Crippen LogP) is 7.40. The van der Waals surface area contributed by atoms with Crippen molar-refractivity contribution in [2.45, 2.75) is 20.4 Å². The van der Waals surface area contributed by atoms with E-state index in [1.54, 1.807) is 24.3 Å². The van der Waals surface area contributed by atoms with Gasteiger partial charge in [0.1, 0.15) is 0 Å². The second-order valence-corrected chi connectivity index (χ2v) is 9.88. The molecule has 0 spiro atoms. The van der Waals surface area contributed by atoms with Gasteiger partial charge >= 0.3 is 0 Å². The van der Waals surface area contributed by atoms with E-state index in [4.69, 9.17) is 23.2 Å². The fourth-order valence-corrected chi connectivity index (χ4v) is 4.93. The lowest BCUT2D eigenvalue weighted by molar-refractivity contribution is -0.123. The zero-order chi connectivity index (χ0) is 22.3. The van der Waals surface area contributed by atoms with Gasteiger partial charge in [0.15, 0.2) is 0 Å². The minimum atomic E-state index is -0.311. The summed E-state index contributed by atoms with van der Waals surface area (Å²) in [5.41, 5.74) is 4.72. The molecule has 0 aliphatic carbocycles. The van der Waals surface area contributed by atoms with Gasteiger partial charge in [-0.15, -0.1) is 0 Å². The summed E-state index contributed by atoms with van der Waals surface area (Å²) in [6, 6.07) is 15.1. The number of benzene rings is 2. The van der Waals surface area contributed by atoms with Crippen molar-refractivity contribution in [3.05, 3.63) is 90.5 Å². The van der Waals surface area contributed by atoms with Crippen molar-refractivity contribution in [3.8, 4) is 5.69 Å². The SMILES string of the molecule is Cc1cc(/C=C2\SC(=O)N(Cc3ccc(Cl)c(Cl)c3)C2=O)c(C)n1-c1ccc(Br)cc1. The molecule has 0 atom stereocenters. The molecule has 0 bridgehead atoms. The number of hydrogen-bond donors (Lipinski definition) is 0. The Morgan fingerprint density at radius 2 is 1.71 bits per heavy atom. The van der Waals surface area contributed by atoms with E-state index >= 15 is 0 Å². The highest BCUT2D eigenvalue weighted by molar-refractivity contribution is 9.10. The van der Waals surface area contributed by atoms with Crippen LogP contribution in [0.5, 0.6) is 0 Å². The lowest BCUT2D eigenvalue weighted by Gasteiger charge is -2.13. The Kier molecular flexibility index (Phi) is 6.35. The number of carbonyl (C=O) groups excluding carboxylic acids is 2. The standard InChI is InChI=1S/C23H17BrCl2N2O2S/c1-13-9-16(14(2)28(13)18-6-4-17(24)5-7-18)11-21-22(29)27(23(30)31-21)12-15-3-8-19(25)20(26)10-15/h3-11H,12H2,1-2H3/b21-11-. The molecule has 0 saturated carbocycles. The summed E-state index contributed by atoms with van der Waals surface area (Å²) in [6.07, 6.45) is 1.79. The molecule has 4 rings (SSSR count). The van der Waals surface area contributed by atoms with E-state index in [9.17, 15) is 9.59 Å². The first-order chi connectivity index (χ1) is 14.7. The Hall–Kier alpha value is -1.99. The number of thioether (sulfide) groups is 1. The fourth-order valence-electron chi connectivity index (χ4n) is 3.52. The molecule has 0 radical (unpaired) electrons. The van der Waals surface area contributed by atoms with Crippen molar-refractivity contribution in [1.29, 1.82) is 0 Å². The van der Waals surface area contributed by atoms with Crippen molar-refractivity contribution >= 4 is 68.1 Å². The molecule has 1 fully saturated rings. The maximum Gasteiger partial charge on any atom is 0.293 e. The van der Waals surface area contributed by atoms with Crippen LogP contribution in [0.2, 0.25) is 10.0 Å². The average Bonchev–Trinajstić information content (AvgIpc) is 3.15. The first-order valence-electron chi connectivity index (χ1n) is 9.39. The van der Waals surface area contributed by atoms with Crippen LogP contribution in [0.15, 0.2) is 57.9 Å². The second-order valence-electron chi connectivity index (χ2n) is 7.15. The van der Waals surface area contributed by atoms with Crippen molar-refractivity contribution in [1.82, 2.24) is 9.47 Å². The molecule has 1 aliphatic rings. The normalized spacial score (nSPS) is 15.4. The van der Waals surface area contributed by atoms with Gasteiger partial charge in [-0.3, -0.25) is 14.5 Å². The van der Waals surface area contributed by atoms with Gasteiger partial charge in [-0.25, -0.2) is 0 Å². The smallest absolute Gasteiger partial charge is 0.293 e. The summed E-state index contributed by atoms with van der Waals surface area (Å²) in [5.74, 6) is -0.311. The van der Waals surface area contributed by atoms with Gasteiger partial charge in [-0.2, -0.15) is 0 Å². The van der Waals surface area contributed by atoms with Crippen LogP contribution in [0, 0.1) is 13.8 Å². The average molecular weight is 536 g/mol. The minimum absolute atomic E-state index is 0.150. The third-order valence-corrected chi connectivity index (χ3v) is 7.22. The molecule has 158 valence electrons. The molecule has 8 heteroatoms. The molecule has 1 aliphatic heterocycles. The molecule has 0 unspecified atom stereocenters.